The van der Waals surface area contributed by atoms with Gasteiger partial charge < -0.3 is 4.52 Å². The van der Waals surface area contributed by atoms with Gasteiger partial charge in [0.25, 0.3) is 0 Å². The number of halogens is 1. The number of benzene rings is 2. The summed E-state index contributed by atoms with van der Waals surface area (Å²) >= 11 is 5.89. The van der Waals surface area contributed by atoms with Crippen molar-refractivity contribution in [2.75, 3.05) is 13.1 Å². The normalized spacial score (nSPS) is 18.1. The third kappa shape index (κ3) is 4.37. The Morgan fingerprint density at radius 2 is 1.93 bits per heavy atom. The number of piperidine rings is 1. The summed E-state index contributed by atoms with van der Waals surface area (Å²) in [5, 5.41) is 4.62. The van der Waals surface area contributed by atoms with Crippen molar-refractivity contribution >= 4 is 21.6 Å². The van der Waals surface area contributed by atoms with Crippen LogP contribution in [0.4, 0.5) is 0 Å². The lowest BCUT2D eigenvalue weighted by atomic mass is 9.96. The maximum absolute atomic E-state index is 13.0. The quantitative estimate of drug-likeness (QED) is 0.600. The Bertz CT molecular complexity index is 1100. The zero-order chi connectivity index (χ0) is 20.4. The Morgan fingerprint density at radius 1 is 1.17 bits per heavy atom. The van der Waals surface area contributed by atoms with Gasteiger partial charge in [0.15, 0.2) is 0 Å². The highest BCUT2D eigenvalue weighted by atomic mass is 35.5. The summed E-state index contributed by atoms with van der Waals surface area (Å²) in [6.07, 6.45) is 2.29. The van der Waals surface area contributed by atoms with E-state index in [1.165, 1.54) is 0 Å². The zero-order valence-electron chi connectivity index (χ0n) is 16.1. The molecular weight excluding hydrogens is 410 g/mol. The Hall–Kier alpha value is -2.22. The second-order valence-electron chi connectivity index (χ2n) is 7.36. The van der Waals surface area contributed by atoms with E-state index in [0.717, 1.165) is 24.0 Å². The minimum absolute atomic E-state index is 0.135. The first-order valence-corrected chi connectivity index (χ1v) is 11.4. The van der Waals surface area contributed by atoms with Crippen molar-refractivity contribution in [2.45, 2.75) is 31.1 Å². The van der Waals surface area contributed by atoms with Gasteiger partial charge in [0, 0.05) is 30.1 Å². The third-order valence-electron chi connectivity index (χ3n) is 5.25. The van der Waals surface area contributed by atoms with Crippen LogP contribution in [0.5, 0.6) is 0 Å². The maximum Gasteiger partial charge on any atom is 0.243 e. The minimum atomic E-state index is -3.54. The standard InChI is InChI=1S/C21H22ClN3O3S/c1-15-5-2-3-7-19(15)21-23-20(28-24-21)13-16-6-4-12-25(14-16)29(26,27)18-10-8-17(22)9-11-18/h2-3,5,7-11,16H,4,6,12-14H2,1H3. The highest BCUT2D eigenvalue weighted by Crippen LogP contribution is 2.27. The number of aryl methyl sites for hydroxylation is 1. The Balaban J connectivity index is 1.47. The van der Waals surface area contributed by atoms with Gasteiger partial charge in [0.2, 0.25) is 21.7 Å². The highest BCUT2D eigenvalue weighted by Gasteiger charge is 2.31. The van der Waals surface area contributed by atoms with E-state index in [1.54, 1.807) is 28.6 Å². The van der Waals surface area contributed by atoms with Gasteiger partial charge in [-0.15, -0.1) is 0 Å². The maximum atomic E-state index is 13.0. The summed E-state index contributed by atoms with van der Waals surface area (Å²) in [6, 6.07) is 14.2. The largest absolute Gasteiger partial charge is 0.339 e. The van der Waals surface area contributed by atoms with Crippen LogP contribution >= 0.6 is 11.6 Å². The number of rotatable bonds is 5. The summed E-state index contributed by atoms with van der Waals surface area (Å²) in [5.74, 6) is 1.24. The van der Waals surface area contributed by atoms with Crippen molar-refractivity contribution in [3.8, 4) is 11.4 Å². The first-order valence-electron chi connectivity index (χ1n) is 9.58. The lowest BCUT2D eigenvalue weighted by Gasteiger charge is -2.31. The highest BCUT2D eigenvalue weighted by molar-refractivity contribution is 7.89. The summed E-state index contributed by atoms with van der Waals surface area (Å²) in [6.45, 7) is 2.96. The van der Waals surface area contributed by atoms with Gasteiger partial charge in [-0.1, -0.05) is 41.0 Å². The first kappa shape index (κ1) is 20.1. The molecule has 152 valence electrons. The van der Waals surface area contributed by atoms with Crippen LogP contribution in [0.3, 0.4) is 0 Å². The van der Waals surface area contributed by atoms with Crippen LogP contribution in [0.2, 0.25) is 5.02 Å². The molecule has 1 atom stereocenters. The topological polar surface area (TPSA) is 76.3 Å². The molecule has 1 saturated heterocycles. The Labute approximate surface area is 175 Å². The lowest BCUT2D eigenvalue weighted by molar-refractivity contribution is 0.247. The fourth-order valence-electron chi connectivity index (χ4n) is 3.69. The van der Waals surface area contributed by atoms with Crippen molar-refractivity contribution in [2.24, 2.45) is 5.92 Å². The number of nitrogens with zero attached hydrogens (tertiary/aromatic N) is 3. The monoisotopic (exact) mass is 431 g/mol. The van der Waals surface area contributed by atoms with Gasteiger partial charge >= 0.3 is 0 Å². The van der Waals surface area contributed by atoms with Crippen LogP contribution in [-0.4, -0.2) is 36.0 Å². The van der Waals surface area contributed by atoms with Crippen LogP contribution in [0, 0.1) is 12.8 Å². The molecule has 2 aromatic carbocycles. The summed E-state index contributed by atoms with van der Waals surface area (Å²) in [7, 11) is -3.54. The van der Waals surface area contributed by atoms with E-state index in [9.17, 15) is 8.42 Å². The molecule has 1 fully saturated rings. The zero-order valence-corrected chi connectivity index (χ0v) is 17.7. The second-order valence-corrected chi connectivity index (χ2v) is 9.73. The van der Waals surface area contributed by atoms with E-state index in [-0.39, 0.29) is 10.8 Å². The molecule has 1 aromatic heterocycles. The number of sulfonamides is 1. The van der Waals surface area contributed by atoms with Crippen LogP contribution < -0.4 is 0 Å². The third-order valence-corrected chi connectivity index (χ3v) is 7.38. The van der Waals surface area contributed by atoms with Crippen LogP contribution in [0.1, 0.15) is 24.3 Å². The SMILES string of the molecule is Cc1ccccc1-c1noc(CC2CCCN(S(=O)(=O)c3ccc(Cl)cc3)C2)n1. The van der Waals surface area contributed by atoms with E-state index in [1.807, 2.05) is 31.2 Å². The van der Waals surface area contributed by atoms with E-state index in [2.05, 4.69) is 10.1 Å². The van der Waals surface area contributed by atoms with Crippen molar-refractivity contribution in [3.63, 3.8) is 0 Å². The van der Waals surface area contributed by atoms with Crippen LogP contribution in [0.25, 0.3) is 11.4 Å². The van der Waals surface area contributed by atoms with Crippen molar-refractivity contribution in [3.05, 3.63) is 65.0 Å². The van der Waals surface area contributed by atoms with E-state index in [0.29, 0.717) is 36.2 Å². The number of hydrogen-bond donors (Lipinski definition) is 0. The van der Waals surface area contributed by atoms with Crippen molar-refractivity contribution in [1.82, 2.24) is 14.4 Å². The molecule has 4 rings (SSSR count). The number of aromatic nitrogens is 2. The molecule has 1 aliphatic rings. The van der Waals surface area contributed by atoms with Crippen molar-refractivity contribution in [1.29, 1.82) is 0 Å². The molecule has 0 radical (unpaired) electrons. The molecule has 6 nitrogen and oxygen atoms in total. The summed E-state index contributed by atoms with van der Waals surface area (Å²) < 4.78 is 32.9. The Morgan fingerprint density at radius 3 is 2.69 bits per heavy atom. The molecular formula is C21H22ClN3O3S. The van der Waals surface area contributed by atoms with Crippen LogP contribution in [0.15, 0.2) is 57.9 Å². The molecule has 0 saturated carbocycles. The predicted octanol–water partition coefficient (Wildman–Crippen LogP) is 4.34. The molecule has 0 amide bonds. The fourth-order valence-corrected chi connectivity index (χ4v) is 5.37. The van der Waals surface area contributed by atoms with E-state index in [4.69, 9.17) is 16.1 Å². The average molecular weight is 432 g/mol. The molecule has 2 heterocycles. The van der Waals surface area contributed by atoms with Crippen LogP contribution in [-0.2, 0) is 16.4 Å². The van der Waals surface area contributed by atoms with E-state index < -0.39 is 10.0 Å². The Kier molecular flexibility index (Phi) is 5.72. The molecule has 0 N–H and O–H groups in total. The molecule has 29 heavy (non-hydrogen) atoms. The second kappa shape index (κ2) is 8.26. The summed E-state index contributed by atoms with van der Waals surface area (Å²) in [5.41, 5.74) is 2.02. The molecule has 0 spiro atoms. The molecule has 0 aliphatic carbocycles. The van der Waals surface area contributed by atoms with Gasteiger partial charge in [0.05, 0.1) is 4.90 Å². The number of hydrogen-bond acceptors (Lipinski definition) is 5. The van der Waals surface area contributed by atoms with E-state index >= 15 is 0 Å². The molecule has 1 aliphatic heterocycles. The van der Waals surface area contributed by atoms with Gasteiger partial charge in [-0.05, 0) is 55.5 Å². The van der Waals surface area contributed by atoms with Crippen molar-refractivity contribution < 1.29 is 12.9 Å². The fraction of sp³-hybridized carbons (Fsp3) is 0.333. The minimum Gasteiger partial charge on any atom is -0.339 e. The molecule has 3 aromatic rings. The van der Waals surface area contributed by atoms with Gasteiger partial charge in [-0.25, -0.2) is 8.42 Å². The lowest BCUT2D eigenvalue weighted by Crippen LogP contribution is -2.40. The van der Waals surface area contributed by atoms with Gasteiger partial charge in [-0.3, -0.25) is 0 Å². The van der Waals surface area contributed by atoms with Gasteiger partial charge in [-0.2, -0.15) is 9.29 Å². The first-order chi connectivity index (χ1) is 13.9. The molecule has 1 unspecified atom stereocenters. The van der Waals surface area contributed by atoms with Gasteiger partial charge in [0.1, 0.15) is 0 Å². The average Bonchev–Trinajstić information content (AvgIpc) is 3.17. The molecule has 8 heteroatoms. The predicted molar refractivity (Wildman–Crippen MR) is 111 cm³/mol. The summed E-state index contributed by atoms with van der Waals surface area (Å²) in [4.78, 5) is 4.80. The molecule has 0 bridgehead atoms. The smallest absolute Gasteiger partial charge is 0.243 e.